The molecule has 12 rings (SSSR count). The van der Waals surface area contributed by atoms with Gasteiger partial charge in [0.2, 0.25) is 0 Å². The smallest absolute Gasteiger partial charge is 0.137 e. The van der Waals surface area contributed by atoms with E-state index in [9.17, 15) is 0 Å². The van der Waals surface area contributed by atoms with E-state index >= 15 is 0 Å². The number of fused-ring (bicyclic) bond motifs is 12. The van der Waals surface area contributed by atoms with E-state index in [2.05, 4.69) is 179 Å². The molecule has 0 atom stereocenters. The van der Waals surface area contributed by atoms with Gasteiger partial charge in [0, 0.05) is 50.4 Å². The summed E-state index contributed by atoms with van der Waals surface area (Å²) < 4.78 is 8.72. The number of para-hydroxylation sites is 4. The Morgan fingerprint density at radius 1 is 0.340 bits per heavy atom. The van der Waals surface area contributed by atoms with Crippen LogP contribution in [0.4, 0.5) is 17.1 Å². The normalized spacial score (nSPS) is 12.2. The van der Waals surface area contributed by atoms with Crippen LogP contribution in [-0.4, -0.2) is 4.57 Å². The van der Waals surface area contributed by atoms with E-state index in [0.717, 1.165) is 39.0 Å². The third-order valence-electron chi connectivity index (χ3n) is 11.2. The fourth-order valence-electron chi connectivity index (χ4n) is 8.76. The number of benzene rings is 9. The van der Waals surface area contributed by atoms with E-state index in [-0.39, 0.29) is 0 Å². The molecule has 0 fully saturated rings. The van der Waals surface area contributed by atoms with Gasteiger partial charge in [-0.25, -0.2) is 0 Å². The quantitative estimate of drug-likeness (QED) is 0.185. The molecule has 2 heterocycles. The molecule has 53 heavy (non-hydrogen) atoms. The van der Waals surface area contributed by atoms with Gasteiger partial charge in [-0.05, 0) is 135 Å². The molecule has 1 aliphatic carbocycles. The Hall–Kier alpha value is -7.10. The minimum atomic E-state index is 0.887. The maximum absolute atomic E-state index is 6.32. The lowest BCUT2D eigenvalue weighted by Gasteiger charge is -2.28. The monoisotopic (exact) mass is 674 g/mol. The SMILES string of the molecule is c1ccc(N(c2ccc3cc4c(cc3c2)-c2cc3ccc(-n5c6ccccc6c6ccccc65)cc3cc2-4)c2ccc3c(c2)oc2ccccc23)cc1. The summed E-state index contributed by atoms with van der Waals surface area (Å²) in [4.78, 5) is 2.32. The Bertz CT molecular complexity index is 3240. The van der Waals surface area contributed by atoms with Crippen LogP contribution in [-0.2, 0) is 0 Å². The van der Waals surface area contributed by atoms with Crippen molar-refractivity contribution in [3.8, 4) is 27.9 Å². The molecule has 0 radical (unpaired) electrons. The lowest BCUT2D eigenvalue weighted by Crippen LogP contribution is -2.09. The fourth-order valence-corrected chi connectivity index (χ4v) is 8.76. The zero-order valence-electron chi connectivity index (χ0n) is 28.6. The molecule has 0 N–H and O–H groups in total. The molecule has 0 unspecified atom stereocenters. The molecule has 1 aliphatic rings. The second-order valence-corrected chi connectivity index (χ2v) is 14.2. The first kappa shape index (κ1) is 28.6. The van der Waals surface area contributed by atoms with Gasteiger partial charge in [-0.2, -0.15) is 0 Å². The minimum absolute atomic E-state index is 0.887. The van der Waals surface area contributed by atoms with Crippen molar-refractivity contribution in [3.05, 3.63) is 182 Å². The number of nitrogens with zero attached hydrogens (tertiary/aromatic N) is 2. The molecule has 3 heteroatoms. The Labute approximate surface area is 305 Å². The molecule has 0 saturated heterocycles. The van der Waals surface area contributed by atoms with Crippen LogP contribution in [0.1, 0.15) is 0 Å². The van der Waals surface area contributed by atoms with Crippen LogP contribution in [0.5, 0.6) is 0 Å². The van der Waals surface area contributed by atoms with Crippen LogP contribution in [0.15, 0.2) is 186 Å². The van der Waals surface area contributed by atoms with Gasteiger partial charge in [0.15, 0.2) is 0 Å². The summed E-state index contributed by atoms with van der Waals surface area (Å²) in [5.74, 6) is 0. The van der Waals surface area contributed by atoms with Gasteiger partial charge in [0.25, 0.3) is 0 Å². The topological polar surface area (TPSA) is 21.3 Å². The van der Waals surface area contributed by atoms with Gasteiger partial charge in [-0.1, -0.05) is 84.9 Å². The molecular weight excluding hydrogens is 645 g/mol. The van der Waals surface area contributed by atoms with E-state index in [1.165, 1.54) is 71.3 Å². The predicted octanol–water partition coefficient (Wildman–Crippen LogP) is 14.1. The second-order valence-electron chi connectivity index (χ2n) is 14.2. The number of furan rings is 1. The van der Waals surface area contributed by atoms with Crippen molar-refractivity contribution in [1.82, 2.24) is 4.57 Å². The molecule has 9 aromatic carbocycles. The van der Waals surface area contributed by atoms with Gasteiger partial charge in [0.05, 0.1) is 11.0 Å². The first-order valence-electron chi connectivity index (χ1n) is 18.2. The van der Waals surface area contributed by atoms with E-state index in [0.29, 0.717) is 0 Å². The average Bonchev–Trinajstić information content (AvgIpc) is 3.75. The summed E-state index contributed by atoms with van der Waals surface area (Å²) in [7, 11) is 0. The average molecular weight is 675 g/mol. The van der Waals surface area contributed by atoms with Crippen molar-refractivity contribution in [3.63, 3.8) is 0 Å². The second kappa shape index (κ2) is 10.7. The molecule has 0 saturated carbocycles. The Balaban J connectivity index is 0.956. The Kier molecular flexibility index (Phi) is 5.77. The Morgan fingerprint density at radius 3 is 1.58 bits per heavy atom. The number of hydrogen-bond acceptors (Lipinski definition) is 2. The van der Waals surface area contributed by atoms with Crippen molar-refractivity contribution < 1.29 is 4.42 Å². The molecule has 0 spiro atoms. The number of anilines is 3. The van der Waals surface area contributed by atoms with Crippen LogP contribution in [0, 0.1) is 0 Å². The first-order valence-corrected chi connectivity index (χ1v) is 18.2. The highest BCUT2D eigenvalue weighted by atomic mass is 16.3. The van der Waals surface area contributed by atoms with E-state index in [4.69, 9.17) is 4.42 Å². The molecule has 3 nitrogen and oxygen atoms in total. The van der Waals surface area contributed by atoms with Crippen LogP contribution in [0.3, 0.4) is 0 Å². The van der Waals surface area contributed by atoms with Gasteiger partial charge in [0.1, 0.15) is 11.2 Å². The standard InChI is InChI=1S/C50H30N2O/c1-2-10-35(11-3-1)51(38-22-23-42-41-14-6-9-17-49(41)53-50(42)30-38)36-20-18-31-26-43-45(28-33(31)24-36)44-27-32-19-21-37(25-34(32)29-46(43)44)52-47-15-7-4-12-39(47)40-13-5-8-16-48(40)52/h1-30H. The Morgan fingerprint density at radius 2 is 0.868 bits per heavy atom. The summed E-state index contributed by atoms with van der Waals surface area (Å²) >= 11 is 0. The van der Waals surface area contributed by atoms with Crippen LogP contribution < -0.4 is 4.90 Å². The summed E-state index contributed by atoms with van der Waals surface area (Å²) in [5, 5.41) is 9.79. The van der Waals surface area contributed by atoms with Crippen LogP contribution in [0.2, 0.25) is 0 Å². The summed E-state index contributed by atoms with van der Waals surface area (Å²) in [6.07, 6.45) is 0. The van der Waals surface area contributed by atoms with Crippen molar-refractivity contribution >= 4 is 82.4 Å². The maximum atomic E-state index is 6.32. The summed E-state index contributed by atoms with van der Waals surface area (Å²) in [6, 6.07) is 66.0. The van der Waals surface area contributed by atoms with Crippen molar-refractivity contribution in [2.75, 3.05) is 4.90 Å². The van der Waals surface area contributed by atoms with Crippen molar-refractivity contribution in [2.24, 2.45) is 0 Å². The summed E-state index contributed by atoms with van der Waals surface area (Å²) in [5.41, 5.74) is 14.0. The third-order valence-corrected chi connectivity index (χ3v) is 11.2. The van der Waals surface area contributed by atoms with Crippen LogP contribution >= 0.6 is 0 Å². The van der Waals surface area contributed by atoms with Gasteiger partial charge in [-0.3, -0.25) is 0 Å². The van der Waals surface area contributed by atoms with E-state index < -0.39 is 0 Å². The molecule has 2 aromatic heterocycles. The first-order chi connectivity index (χ1) is 26.2. The molecule has 0 aliphatic heterocycles. The highest BCUT2D eigenvalue weighted by molar-refractivity contribution is 6.13. The van der Waals surface area contributed by atoms with Gasteiger partial charge >= 0.3 is 0 Å². The number of aromatic nitrogens is 1. The highest BCUT2D eigenvalue weighted by Gasteiger charge is 2.25. The van der Waals surface area contributed by atoms with Gasteiger partial charge in [-0.15, -0.1) is 0 Å². The van der Waals surface area contributed by atoms with Gasteiger partial charge < -0.3 is 13.9 Å². The minimum Gasteiger partial charge on any atom is -0.456 e. The molecule has 0 bridgehead atoms. The van der Waals surface area contributed by atoms with E-state index in [1.54, 1.807) is 0 Å². The molecule has 246 valence electrons. The molecule has 11 aromatic rings. The maximum Gasteiger partial charge on any atom is 0.137 e. The zero-order valence-corrected chi connectivity index (χ0v) is 28.6. The predicted molar refractivity (Wildman–Crippen MR) is 222 cm³/mol. The van der Waals surface area contributed by atoms with Crippen molar-refractivity contribution in [1.29, 1.82) is 0 Å². The number of rotatable bonds is 4. The summed E-state index contributed by atoms with van der Waals surface area (Å²) in [6.45, 7) is 0. The fraction of sp³-hybridized carbons (Fsp3) is 0. The highest BCUT2D eigenvalue weighted by Crippen LogP contribution is 2.51. The van der Waals surface area contributed by atoms with Crippen LogP contribution in [0.25, 0.3) is 93.2 Å². The largest absolute Gasteiger partial charge is 0.456 e. The third kappa shape index (κ3) is 4.16. The molecular formula is C50H30N2O. The zero-order chi connectivity index (χ0) is 34.6. The lowest BCUT2D eigenvalue weighted by atomic mass is 9.78. The number of hydrogen-bond donors (Lipinski definition) is 0. The molecule has 0 amide bonds. The lowest BCUT2D eigenvalue weighted by molar-refractivity contribution is 0.669. The van der Waals surface area contributed by atoms with Crippen molar-refractivity contribution in [2.45, 2.75) is 0 Å². The van der Waals surface area contributed by atoms with E-state index in [1.807, 2.05) is 12.1 Å².